The van der Waals surface area contributed by atoms with Crippen LogP contribution in [0.4, 0.5) is 16.2 Å². The molecule has 0 spiro atoms. The van der Waals surface area contributed by atoms with Gasteiger partial charge in [0.1, 0.15) is 5.75 Å². The summed E-state index contributed by atoms with van der Waals surface area (Å²) in [7, 11) is 0. The van der Waals surface area contributed by atoms with Crippen molar-refractivity contribution in [1.29, 1.82) is 0 Å². The van der Waals surface area contributed by atoms with Gasteiger partial charge in [-0.15, -0.1) is 0 Å². The maximum absolute atomic E-state index is 11.8. The Labute approximate surface area is 143 Å². The molecule has 124 valence electrons. The number of ether oxygens (including phenoxy) is 1. The minimum absolute atomic E-state index is 0.0429. The van der Waals surface area contributed by atoms with Crippen LogP contribution in [-0.4, -0.2) is 11.0 Å². The monoisotopic (exact) mass is 334 g/mol. The fourth-order valence-electron chi connectivity index (χ4n) is 2.26. The minimum Gasteiger partial charge on any atom is -0.410 e. The number of nitrogens with zero attached hydrogens (tertiary/aromatic N) is 1. The molecule has 0 heterocycles. The number of anilines is 1. The third-order valence-corrected chi connectivity index (χ3v) is 3.50. The molecule has 1 amide bonds. The topological polar surface area (TPSA) is 81.5 Å². The van der Waals surface area contributed by atoms with Gasteiger partial charge in [-0.25, -0.2) is 4.79 Å². The molecule has 0 aromatic heterocycles. The Hall–Kier alpha value is -3.67. The number of nitrogens with one attached hydrogen (secondary N) is 1. The molecular weight excluding hydrogens is 320 g/mol. The first-order chi connectivity index (χ1) is 12.1. The van der Waals surface area contributed by atoms with Gasteiger partial charge in [0.05, 0.1) is 4.92 Å². The number of para-hydroxylation sites is 1. The van der Waals surface area contributed by atoms with Crippen molar-refractivity contribution in [3.63, 3.8) is 0 Å². The Balaban J connectivity index is 1.65. The molecule has 6 nitrogen and oxygen atoms in total. The summed E-state index contributed by atoms with van der Waals surface area (Å²) in [6.07, 6.45) is -0.575. The normalized spacial score (nSPS) is 10.1. The Bertz CT molecular complexity index is 876. The molecule has 3 rings (SSSR count). The summed E-state index contributed by atoms with van der Waals surface area (Å²) in [5.41, 5.74) is 2.40. The summed E-state index contributed by atoms with van der Waals surface area (Å²) in [4.78, 5) is 22.1. The van der Waals surface area contributed by atoms with Gasteiger partial charge in [0.25, 0.3) is 5.69 Å². The van der Waals surface area contributed by atoms with E-state index in [9.17, 15) is 14.9 Å². The van der Waals surface area contributed by atoms with E-state index in [1.54, 1.807) is 48.5 Å². The average Bonchev–Trinajstić information content (AvgIpc) is 2.63. The summed E-state index contributed by atoms with van der Waals surface area (Å²) in [5, 5.41) is 13.3. The van der Waals surface area contributed by atoms with Crippen molar-refractivity contribution >= 4 is 17.5 Å². The van der Waals surface area contributed by atoms with Gasteiger partial charge in [-0.3, -0.25) is 15.4 Å². The van der Waals surface area contributed by atoms with Crippen LogP contribution in [0.25, 0.3) is 11.1 Å². The summed E-state index contributed by atoms with van der Waals surface area (Å²) >= 11 is 0. The van der Waals surface area contributed by atoms with Gasteiger partial charge in [-0.2, -0.15) is 0 Å². The number of hydrogen-bond acceptors (Lipinski definition) is 4. The highest BCUT2D eigenvalue weighted by Crippen LogP contribution is 2.24. The predicted octanol–water partition coefficient (Wildman–Crippen LogP) is 4.87. The smallest absolute Gasteiger partial charge is 0.410 e. The van der Waals surface area contributed by atoms with E-state index in [-0.39, 0.29) is 5.69 Å². The van der Waals surface area contributed by atoms with E-state index in [0.29, 0.717) is 11.4 Å². The molecule has 0 atom stereocenters. The molecule has 0 saturated heterocycles. The predicted molar refractivity (Wildman–Crippen MR) is 94.6 cm³/mol. The SMILES string of the molecule is O=C(Nc1ccccc1)Oc1ccc(-c2ccc([N+](=O)[O-])cc2)cc1. The molecule has 0 aliphatic carbocycles. The maximum Gasteiger partial charge on any atom is 0.417 e. The first-order valence-corrected chi connectivity index (χ1v) is 7.50. The number of nitro benzene ring substituents is 1. The van der Waals surface area contributed by atoms with Crippen molar-refractivity contribution in [2.45, 2.75) is 0 Å². The van der Waals surface area contributed by atoms with E-state index >= 15 is 0 Å². The average molecular weight is 334 g/mol. The molecule has 1 N–H and O–H groups in total. The Morgan fingerprint density at radius 2 is 1.40 bits per heavy atom. The van der Waals surface area contributed by atoms with Crippen LogP contribution >= 0.6 is 0 Å². The van der Waals surface area contributed by atoms with Gasteiger partial charge in [0.2, 0.25) is 0 Å². The highest BCUT2D eigenvalue weighted by Gasteiger charge is 2.07. The zero-order chi connectivity index (χ0) is 17.6. The van der Waals surface area contributed by atoms with Crippen molar-refractivity contribution < 1.29 is 14.5 Å². The second-order valence-corrected chi connectivity index (χ2v) is 5.21. The quantitative estimate of drug-likeness (QED) is 0.545. The molecular formula is C19H14N2O4. The summed E-state index contributed by atoms with van der Waals surface area (Å²) < 4.78 is 5.22. The molecule has 0 unspecified atom stereocenters. The zero-order valence-electron chi connectivity index (χ0n) is 13.1. The van der Waals surface area contributed by atoms with Gasteiger partial charge in [-0.1, -0.05) is 30.3 Å². The van der Waals surface area contributed by atoms with Gasteiger partial charge < -0.3 is 4.74 Å². The molecule has 0 fully saturated rings. The van der Waals surface area contributed by atoms with E-state index < -0.39 is 11.0 Å². The highest BCUT2D eigenvalue weighted by atomic mass is 16.6. The molecule has 0 aliphatic heterocycles. The van der Waals surface area contributed by atoms with E-state index in [1.165, 1.54) is 12.1 Å². The van der Waals surface area contributed by atoms with Crippen molar-refractivity contribution in [3.05, 3.63) is 89.0 Å². The summed E-state index contributed by atoms with van der Waals surface area (Å²) in [5.74, 6) is 0.402. The van der Waals surface area contributed by atoms with Gasteiger partial charge in [0, 0.05) is 17.8 Å². The van der Waals surface area contributed by atoms with Crippen LogP contribution in [0.5, 0.6) is 5.75 Å². The standard InChI is InChI=1S/C19H14N2O4/c22-19(20-16-4-2-1-3-5-16)25-18-12-8-15(9-13-18)14-6-10-17(11-7-14)21(23)24/h1-13H,(H,20,22). The molecule has 0 bridgehead atoms. The van der Waals surface area contributed by atoms with Crippen molar-refractivity contribution in [2.75, 3.05) is 5.32 Å². The lowest BCUT2D eigenvalue weighted by Gasteiger charge is -2.07. The minimum atomic E-state index is -0.575. The number of non-ortho nitro benzene ring substituents is 1. The number of carbonyl (C=O) groups is 1. The fourth-order valence-corrected chi connectivity index (χ4v) is 2.26. The Morgan fingerprint density at radius 1 is 0.840 bits per heavy atom. The lowest BCUT2D eigenvalue weighted by atomic mass is 10.1. The van der Waals surface area contributed by atoms with Crippen LogP contribution in [-0.2, 0) is 0 Å². The maximum atomic E-state index is 11.8. The highest BCUT2D eigenvalue weighted by molar-refractivity contribution is 5.86. The first-order valence-electron chi connectivity index (χ1n) is 7.50. The van der Waals surface area contributed by atoms with Gasteiger partial charge in [0.15, 0.2) is 0 Å². The number of hydrogen-bond donors (Lipinski definition) is 1. The molecule has 6 heteroatoms. The fraction of sp³-hybridized carbons (Fsp3) is 0. The Morgan fingerprint density at radius 3 is 1.96 bits per heavy atom. The first kappa shape index (κ1) is 16.2. The molecule has 3 aromatic carbocycles. The van der Waals surface area contributed by atoms with E-state index in [2.05, 4.69) is 5.32 Å². The zero-order valence-corrected chi connectivity index (χ0v) is 13.1. The van der Waals surface area contributed by atoms with Crippen LogP contribution < -0.4 is 10.1 Å². The molecule has 25 heavy (non-hydrogen) atoms. The van der Waals surface area contributed by atoms with Crippen molar-refractivity contribution in [2.24, 2.45) is 0 Å². The lowest BCUT2D eigenvalue weighted by Crippen LogP contribution is -2.16. The van der Waals surface area contributed by atoms with Gasteiger partial charge >= 0.3 is 6.09 Å². The number of amides is 1. The van der Waals surface area contributed by atoms with Crippen LogP contribution in [0.15, 0.2) is 78.9 Å². The third kappa shape index (κ3) is 4.20. The van der Waals surface area contributed by atoms with Crippen molar-refractivity contribution in [3.8, 4) is 16.9 Å². The van der Waals surface area contributed by atoms with Crippen LogP contribution in [0.2, 0.25) is 0 Å². The number of carbonyl (C=O) groups excluding carboxylic acids is 1. The van der Waals surface area contributed by atoms with E-state index in [0.717, 1.165) is 11.1 Å². The molecule has 0 radical (unpaired) electrons. The lowest BCUT2D eigenvalue weighted by molar-refractivity contribution is -0.384. The van der Waals surface area contributed by atoms with Crippen molar-refractivity contribution in [1.82, 2.24) is 0 Å². The number of benzene rings is 3. The molecule has 3 aromatic rings. The van der Waals surface area contributed by atoms with Crippen LogP contribution in [0.3, 0.4) is 0 Å². The van der Waals surface area contributed by atoms with Gasteiger partial charge in [-0.05, 0) is 47.5 Å². The Kier molecular flexibility index (Phi) is 4.71. The van der Waals surface area contributed by atoms with Crippen LogP contribution in [0.1, 0.15) is 0 Å². The third-order valence-electron chi connectivity index (χ3n) is 3.50. The summed E-state index contributed by atoms with van der Waals surface area (Å²) in [6, 6.07) is 22.2. The number of nitro groups is 1. The largest absolute Gasteiger partial charge is 0.417 e. The number of rotatable bonds is 4. The summed E-state index contributed by atoms with van der Waals surface area (Å²) in [6.45, 7) is 0. The molecule has 0 saturated carbocycles. The van der Waals surface area contributed by atoms with E-state index in [1.807, 2.05) is 18.2 Å². The second kappa shape index (κ2) is 7.27. The van der Waals surface area contributed by atoms with Crippen LogP contribution in [0, 0.1) is 10.1 Å². The van der Waals surface area contributed by atoms with E-state index in [4.69, 9.17) is 4.74 Å². The molecule has 0 aliphatic rings. The second-order valence-electron chi connectivity index (χ2n) is 5.21.